The van der Waals surface area contributed by atoms with E-state index in [0.717, 1.165) is 11.6 Å². The Hall–Kier alpha value is -3.19. The van der Waals surface area contributed by atoms with Gasteiger partial charge in [0.05, 0.1) is 10.4 Å². The van der Waals surface area contributed by atoms with Crippen LogP contribution in [0.4, 0.5) is 4.39 Å². The summed E-state index contributed by atoms with van der Waals surface area (Å²) in [4.78, 5) is 37.4. The maximum Gasteiger partial charge on any atom is 0.258 e. The molecular weight excluding hydrogens is 449 g/mol. The summed E-state index contributed by atoms with van der Waals surface area (Å²) < 4.78 is 24.5. The molecule has 0 saturated heterocycles. The number of carbonyl (C=O) groups excluding carboxylic acids is 2. The lowest BCUT2D eigenvalue weighted by Crippen LogP contribution is -2.75. The number of carbonyl (C=O) groups is 2. The molecule has 2 bridgehead atoms. The number of rotatable bonds is 7. The number of hydrogen-bond acceptors (Lipinski definition) is 5. The Kier molecular flexibility index (Phi) is 5.05. The molecule has 0 spiro atoms. The molecule has 0 radical (unpaired) electrons. The third-order valence-electron chi connectivity index (χ3n) is 6.50. The highest BCUT2D eigenvalue weighted by atomic mass is 35.5. The molecule has 6 rings (SSSR count). The van der Waals surface area contributed by atoms with Crippen molar-refractivity contribution in [2.24, 2.45) is 5.41 Å². The molecule has 3 fully saturated rings. The number of halogens is 2. The first-order chi connectivity index (χ1) is 15.7. The van der Waals surface area contributed by atoms with Crippen LogP contribution in [-0.2, 0) is 4.79 Å². The van der Waals surface area contributed by atoms with Crippen molar-refractivity contribution in [2.45, 2.75) is 38.1 Å². The minimum absolute atomic E-state index is 0.0152. The molecular formula is C25H21ClFNO5. The van der Waals surface area contributed by atoms with Crippen LogP contribution in [0.15, 0.2) is 51.7 Å². The minimum Gasteiger partial charge on any atom is -0.484 e. The highest BCUT2D eigenvalue weighted by molar-refractivity contribution is 6.30. The number of benzene rings is 2. The first-order valence-electron chi connectivity index (χ1n) is 10.6. The van der Waals surface area contributed by atoms with Gasteiger partial charge < -0.3 is 14.5 Å². The Morgan fingerprint density at radius 2 is 1.91 bits per heavy atom. The largest absolute Gasteiger partial charge is 0.484 e. The summed E-state index contributed by atoms with van der Waals surface area (Å²) in [5.41, 5.74) is 0.615. The Balaban J connectivity index is 1.16. The first-order valence-corrected chi connectivity index (χ1v) is 11.0. The van der Waals surface area contributed by atoms with Crippen molar-refractivity contribution in [3.8, 4) is 5.75 Å². The van der Waals surface area contributed by atoms with Crippen LogP contribution in [0.2, 0.25) is 5.02 Å². The molecule has 3 aliphatic carbocycles. The van der Waals surface area contributed by atoms with Gasteiger partial charge in [0.1, 0.15) is 17.1 Å². The Morgan fingerprint density at radius 1 is 1.15 bits per heavy atom. The van der Waals surface area contributed by atoms with Gasteiger partial charge in [0.25, 0.3) is 5.91 Å². The standard InChI is InChI=1S/C25H21ClFNO5/c1-14-2-4-16-19(29)8-22(33-21(16)6-14)20(30)9-24-11-25(12-24,13-24)28-23(31)10-32-15-3-5-17(26)18(27)7-15/h2-8H,9-13H2,1H3,(H,28,31). The number of amides is 1. The zero-order valence-corrected chi connectivity index (χ0v) is 18.6. The van der Waals surface area contributed by atoms with E-state index in [0.29, 0.717) is 30.2 Å². The van der Waals surface area contributed by atoms with Crippen molar-refractivity contribution in [3.63, 3.8) is 0 Å². The van der Waals surface area contributed by atoms with Gasteiger partial charge >= 0.3 is 0 Å². The smallest absolute Gasteiger partial charge is 0.258 e. The van der Waals surface area contributed by atoms with Gasteiger partial charge in [-0.3, -0.25) is 14.4 Å². The molecule has 33 heavy (non-hydrogen) atoms. The van der Waals surface area contributed by atoms with E-state index in [1.165, 1.54) is 18.2 Å². The van der Waals surface area contributed by atoms with E-state index in [9.17, 15) is 18.8 Å². The van der Waals surface area contributed by atoms with Gasteiger partial charge in [0.15, 0.2) is 23.6 Å². The molecule has 0 atom stereocenters. The van der Waals surface area contributed by atoms with Gasteiger partial charge in [-0.05, 0) is 61.4 Å². The van der Waals surface area contributed by atoms with E-state index in [1.807, 2.05) is 13.0 Å². The van der Waals surface area contributed by atoms with Crippen LogP contribution in [0.5, 0.6) is 5.75 Å². The lowest BCUT2D eigenvalue weighted by molar-refractivity contribution is -0.164. The van der Waals surface area contributed by atoms with E-state index >= 15 is 0 Å². The second-order valence-electron chi connectivity index (χ2n) is 9.30. The van der Waals surface area contributed by atoms with Crippen molar-refractivity contribution in [1.29, 1.82) is 0 Å². The van der Waals surface area contributed by atoms with E-state index in [2.05, 4.69) is 5.32 Å². The summed E-state index contributed by atoms with van der Waals surface area (Å²) >= 11 is 5.63. The fourth-order valence-corrected chi connectivity index (χ4v) is 5.31. The molecule has 1 N–H and O–H groups in total. The number of aryl methyl sites for hydroxylation is 1. The molecule has 1 heterocycles. The van der Waals surface area contributed by atoms with E-state index in [1.54, 1.807) is 12.1 Å². The molecule has 6 nitrogen and oxygen atoms in total. The molecule has 0 aliphatic heterocycles. The van der Waals surface area contributed by atoms with Gasteiger partial charge in [-0.2, -0.15) is 0 Å². The normalized spacial score (nSPS) is 22.9. The quantitative estimate of drug-likeness (QED) is 0.512. The fourth-order valence-electron chi connectivity index (χ4n) is 5.19. The van der Waals surface area contributed by atoms with Crippen LogP contribution in [0, 0.1) is 18.2 Å². The summed E-state index contributed by atoms with van der Waals surface area (Å²) in [6, 6.07) is 10.5. The van der Waals surface area contributed by atoms with Crippen LogP contribution >= 0.6 is 11.6 Å². The van der Waals surface area contributed by atoms with E-state index in [4.69, 9.17) is 20.8 Å². The highest BCUT2D eigenvalue weighted by Crippen LogP contribution is 2.69. The SMILES string of the molecule is Cc1ccc2c(=O)cc(C(=O)CC34CC(NC(=O)COc5ccc(Cl)c(F)c5)(C3)C4)oc2c1. The van der Waals surface area contributed by atoms with Crippen LogP contribution in [0.3, 0.4) is 0 Å². The van der Waals surface area contributed by atoms with Crippen molar-refractivity contribution in [1.82, 2.24) is 5.32 Å². The minimum atomic E-state index is -0.613. The summed E-state index contributed by atoms with van der Waals surface area (Å²) in [6.45, 7) is 1.65. The van der Waals surface area contributed by atoms with Crippen molar-refractivity contribution >= 4 is 34.3 Å². The predicted molar refractivity (Wildman–Crippen MR) is 120 cm³/mol. The Labute approximate surface area is 193 Å². The molecule has 1 amide bonds. The van der Waals surface area contributed by atoms with Gasteiger partial charge in [-0.25, -0.2) is 4.39 Å². The molecule has 8 heteroatoms. The maximum absolute atomic E-state index is 13.5. The molecule has 170 valence electrons. The van der Waals surface area contributed by atoms with Crippen LogP contribution < -0.4 is 15.5 Å². The summed E-state index contributed by atoms with van der Waals surface area (Å²) in [7, 11) is 0. The Bertz CT molecular complexity index is 1340. The van der Waals surface area contributed by atoms with Crippen molar-refractivity contribution in [2.75, 3.05) is 6.61 Å². The lowest BCUT2D eigenvalue weighted by Gasteiger charge is -2.70. The molecule has 2 aromatic carbocycles. The second-order valence-corrected chi connectivity index (χ2v) is 9.71. The van der Waals surface area contributed by atoms with Gasteiger partial charge in [-0.15, -0.1) is 0 Å². The van der Waals surface area contributed by atoms with Crippen molar-refractivity contribution in [3.05, 3.63) is 74.9 Å². The maximum atomic E-state index is 13.5. The lowest BCUT2D eigenvalue weighted by atomic mass is 9.38. The summed E-state index contributed by atoms with van der Waals surface area (Å²) in [5, 5.41) is 3.40. The van der Waals surface area contributed by atoms with Crippen LogP contribution in [0.25, 0.3) is 11.0 Å². The number of hydrogen-bond donors (Lipinski definition) is 1. The number of fused-ring (bicyclic) bond motifs is 1. The van der Waals surface area contributed by atoms with Gasteiger partial charge in [0.2, 0.25) is 0 Å². The number of nitrogens with one attached hydrogen (secondary N) is 1. The third-order valence-corrected chi connectivity index (χ3v) is 6.81. The molecule has 0 unspecified atom stereocenters. The van der Waals surface area contributed by atoms with Gasteiger partial charge in [-0.1, -0.05) is 17.7 Å². The van der Waals surface area contributed by atoms with E-state index < -0.39 is 5.82 Å². The fraction of sp³-hybridized carbons (Fsp3) is 0.320. The summed E-state index contributed by atoms with van der Waals surface area (Å²) in [5.74, 6) is -0.828. The molecule has 3 aliphatic rings. The van der Waals surface area contributed by atoms with E-state index in [-0.39, 0.29) is 57.6 Å². The Morgan fingerprint density at radius 3 is 2.64 bits per heavy atom. The van der Waals surface area contributed by atoms with Crippen LogP contribution in [0.1, 0.15) is 41.8 Å². The second kappa shape index (κ2) is 7.70. The molecule has 3 aromatic rings. The number of ether oxygens (including phenoxy) is 1. The zero-order valence-electron chi connectivity index (χ0n) is 17.9. The third kappa shape index (κ3) is 4.02. The zero-order chi connectivity index (χ0) is 23.4. The summed E-state index contributed by atoms with van der Waals surface area (Å²) in [6.07, 6.45) is 2.32. The van der Waals surface area contributed by atoms with Crippen molar-refractivity contribution < 1.29 is 23.1 Å². The first kappa shape index (κ1) is 21.6. The molecule has 1 aromatic heterocycles. The average molecular weight is 470 g/mol. The number of ketones is 1. The number of Topliss-reactive ketones (excluding diaryl/α,β-unsaturated/α-hetero) is 1. The molecule has 3 saturated carbocycles. The predicted octanol–water partition coefficient (Wildman–Crippen LogP) is 4.58. The van der Waals surface area contributed by atoms with Crippen LogP contribution in [-0.4, -0.2) is 23.8 Å². The highest BCUT2D eigenvalue weighted by Gasteiger charge is 2.68. The van der Waals surface area contributed by atoms with Gasteiger partial charge in [0, 0.05) is 24.1 Å². The monoisotopic (exact) mass is 469 g/mol. The average Bonchev–Trinajstić information content (AvgIpc) is 2.71. The topological polar surface area (TPSA) is 85.6 Å².